The van der Waals surface area contributed by atoms with Crippen LogP contribution in [0.2, 0.25) is 0 Å². The number of hydrogen-bond donors (Lipinski definition) is 2. The molecule has 3 heterocycles. The van der Waals surface area contributed by atoms with Gasteiger partial charge in [-0.3, -0.25) is 0 Å². The number of nitrogens with one attached hydrogen (secondary N) is 2. The Balaban J connectivity index is 1.57. The minimum absolute atomic E-state index is 0.385. The maximum absolute atomic E-state index is 4.96. The molecule has 0 amide bonds. The van der Waals surface area contributed by atoms with Gasteiger partial charge < -0.3 is 15.5 Å². The Bertz CT molecular complexity index is 1480. The van der Waals surface area contributed by atoms with Gasteiger partial charge in [-0.2, -0.15) is 0 Å². The third-order valence-corrected chi connectivity index (χ3v) is 8.38. The van der Waals surface area contributed by atoms with E-state index in [0.29, 0.717) is 41.8 Å². The Kier molecular flexibility index (Phi) is 8.58. The average molecular weight is 579 g/mol. The van der Waals surface area contributed by atoms with Crippen molar-refractivity contribution >= 4 is 46.7 Å². The molecule has 0 bridgehead atoms. The van der Waals surface area contributed by atoms with Crippen molar-refractivity contribution in [2.24, 2.45) is 31.8 Å². The Labute approximate surface area is 257 Å². The van der Waals surface area contributed by atoms with E-state index >= 15 is 0 Å². The Morgan fingerprint density at radius 3 is 2.00 bits per heavy atom. The molecule has 0 saturated heterocycles. The van der Waals surface area contributed by atoms with Crippen LogP contribution in [0.3, 0.4) is 0 Å². The van der Waals surface area contributed by atoms with Crippen LogP contribution in [0.4, 0.5) is 17.1 Å². The van der Waals surface area contributed by atoms with Gasteiger partial charge >= 0.3 is 0 Å². The van der Waals surface area contributed by atoms with Gasteiger partial charge in [-0.25, -0.2) is 24.9 Å². The second kappa shape index (κ2) is 12.2. The SMILES string of the molecule is CNc1cc(C(C(C)C)C(C)C)ccc1C1=CC2=CC(c3ccc(N(C(C)C)C(C)C)cc3NC)=NC3=NC=NC(=N1)N23. The molecule has 0 radical (unpaired) electrons. The zero-order valence-electron chi connectivity index (χ0n) is 27.3. The lowest BCUT2D eigenvalue weighted by atomic mass is 9.79. The highest BCUT2D eigenvalue weighted by atomic mass is 15.4. The summed E-state index contributed by atoms with van der Waals surface area (Å²) in [6.07, 6.45) is 5.76. The number of guanidine groups is 2. The third-order valence-electron chi connectivity index (χ3n) is 8.38. The fourth-order valence-electron chi connectivity index (χ4n) is 6.79. The fourth-order valence-corrected chi connectivity index (χ4v) is 6.79. The topological polar surface area (TPSA) is 80.0 Å². The van der Waals surface area contributed by atoms with Crippen LogP contribution in [0.25, 0.3) is 5.70 Å². The van der Waals surface area contributed by atoms with Crippen LogP contribution in [0.15, 0.2) is 74.2 Å². The van der Waals surface area contributed by atoms with Crippen LogP contribution in [0, 0.1) is 11.8 Å². The molecule has 0 atom stereocenters. The van der Waals surface area contributed by atoms with Crippen molar-refractivity contribution in [1.82, 2.24) is 4.90 Å². The van der Waals surface area contributed by atoms with Crippen molar-refractivity contribution in [3.8, 4) is 0 Å². The quantitative estimate of drug-likeness (QED) is 0.304. The number of aliphatic imine (C=N–C) groups is 4. The summed E-state index contributed by atoms with van der Waals surface area (Å²) in [6, 6.07) is 14.1. The summed E-state index contributed by atoms with van der Waals surface area (Å²) in [6.45, 7) is 18.1. The van der Waals surface area contributed by atoms with E-state index < -0.39 is 0 Å². The highest BCUT2D eigenvalue weighted by Crippen LogP contribution is 2.38. The molecule has 8 nitrogen and oxygen atoms in total. The molecule has 3 aliphatic rings. The molecule has 43 heavy (non-hydrogen) atoms. The van der Waals surface area contributed by atoms with Gasteiger partial charge in [0.15, 0.2) is 0 Å². The predicted molar refractivity (Wildman–Crippen MR) is 185 cm³/mol. The number of anilines is 3. The van der Waals surface area contributed by atoms with Crippen LogP contribution in [0.1, 0.15) is 78.0 Å². The largest absolute Gasteiger partial charge is 0.388 e. The van der Waals surface area contributed by atoms with Crippen LogP contribution in [-0.4, -0.2) is 55.0 Å². The van der Waals surface area contributed by atoms with E-state index in [1.54, 1.807) is 6.34 Å². The summed E-state index contributed by atoms with van der Waals surface area (Å²) in [5, 5.41) is 6.84. The first kappa shape index (κ1) is 30.3. The van der Waals surface area contributed by atoms with Gasteiger partial charge in [-0.05, 0) is 87.4 Å². The van der Waals surface area contributed by atoms with E-state index in [2.05, 4.69) is 129 Å². The maximum atomic E-state index is 4.96. The standard InChI is InChI=1S/C35H46N8/c1-20(2)33(21(3)4)24-11-13-27(29(15-24)36-9)31-17-26-18-32(41-35-39-19-38-34(40-31)43(26)35)28-14-12-25(16-30(28)37-10)42(22(5)6)23(7)8/h11-23,33,36-37H,1-10H3. The molecule has 0 fully saturated rings. The van der Waals surface area contributed by atoms with Gasteiger partial charge in [-0.1, -0.05) is 39.8 Å². The first-order chi connectivity index (χ1) is 20.5. The monoisotopic (exact) mass is 578 g/mol. The summed E-state index contributed by atoms with van der Waals surface area (Å²) in [5.74, 6) is 2.71. The fraction of sp³-hybridized carbons (Fsp3) is 0.429. The van der Waals surface area contributed by atoms with E-state index in [1.165, 1.54) is 11.3 Å². The molecule has 3 aliphatic heterocycles. The average Bonchev–Trinajstić information content (AvgIpc) is 2.96. The maximum Gasteiger partial charge on any atom is 0.239 e. The second-order valence-corrected chi connectivity index (χ2v) is 12.7. The van der Waals surface area contributed by atoms with Crippen molar-refractivity contribution in [3.63, 3.8) is 0 Å². The van der Waals surface area contributed by atoms with Gasteiger partial charge in [0.25, 0.3) is 0 Å². The zero-order chi connectivity index (χ0) is 31.0. The van der Waals surface area contributed by atoms with Crippen molar-refractivity contribution in [2.75, 3.05) is 29.6 Å². The Hall–Kier alpha value is -4.20. The third kappa shape index (κ3) is 5.75. The number of nitrogens with zero attached hydrogens (tertiary/aromatic N) is 6. The number of hydrogen-bond acceptors (Lipinski definition) is 8. The molecular weight excluding hydrogens is 532 g/mol. The van der Waals surface area contributed by atoms with Gasteiger partial charge in [0.2, 0.25) is 11.9 Å². The predicted octanol–water partition coefficient (Wildman–Crippen LogP) is 7.59. The van der Waals surface area contributed by atoms with Crippen LogP contribution < -0.4 is 15.5 Å². The van der Waals surface area contributed by atoms with E-state index in [-0.39, 0.29) is 0 Å². The molecule has 0 aliphatic carbocycles. The Morgan fingerprint density at radius 2 is 1.37 bits per heavy atom. The minimum atomic E-state index is 0.385. The molecule has 0 aromatic heterocycles. The molecular formula is C35H46N8. The van der Waals surface area contributed by atoms with Crippen LogP contribution in [-0.2, 0) is 0 Å². The van der Waals surface area contributed by atoms with Gasteiger partial charge in [0, 0.05) is 54.4 Å². The first-order valence-corrected chi connectivity index (χ1v) is 15.5. The van der Waals surface area contributed by atoms with Gasteiger partial charge in [0.05, 0.1) is 17.1 Å². The van der Waals surface area contributed by atoms with Crippen molar-refractivity contribution < 1.29 is 0 Å². The molecule has 0 unspecified atom stereocenters. The van der Waals surface area contributed by atoms with Crippen molar-refractivity contribution in [1.29, 1.82) is 0 Å². The smallest absolute Gasteiger partial charge is 0.239 e. The van der Waals surface area contributed by atoms with E-state index in [0.717, 1.165) is 39.6 Å². The summed E-state index contributed by atoms with van der Waals surface area (Å²) in [5.41, 5.74) is 9.29. The molecule has 5 rings (SSSR count). The highest BCUT2D eigenvalue weighted by molar-refractivity contribution is 6.24. The van der Waals surface area contributed by atoms with Crippen molar-refractivity contribution in [2.45, 2.75) is 73.4 Å². The number of allylic oxidation sites excluding steroid dienone is 2. The van der Waals surface area contributed by atoms with Crippen LogP contribution >= 0.6 is 0 Å². The first-order valence-electron chi connectivity index (χ1n) is 15.5. The molecule has 2 N–H and O–H groups in total. The van der Waals surface area contributed by atoms with E-state index in [9.17, 15) is 0 Å². The van der Waals surface area contributed by atoms with Gasteiger partial charge in [0.1, 0.15) is 6.34 Å². The summed E-state index contributed by atoms with van der Waals surface area (Å²) < 4.78 is 0. The Morgan fingerprint density at radius 1 is 0.721 bits per heavy atom. The molecule has 2 aromatic carbocycles. The molecule has 0 saturated carbocycles. The zero-order valence-corrected chi connectivity index (χ0v) is 27.3. The van der Waals surface area contributed by atoms with E-state index in [4.69, 9.17) is 9.98 Å². The minimum Gasteiger partial charge on any atom is -0.388 e. The van der Waals surface area contributed by atoms with Crippen molar-refractivity contribution in [3.05, 3.63) is 70.9 Å². The lowest BCUT2D eigenvalue weighted by molar-refractivity contribution is 0.388. The van der Waals surface area contributed by atoms with E-state index in [1.807, 2.05) is 19.0 Å². The van der Waals surface area contributed by atoms with Gasteiger partial charge in [-0.15, -0.1) is 0 Å². The summed E-state index contributed by atoms with van der Waals surface area (Å²) >= 11 is 0. The summed E-state index contributed by atoms with van der Waals surface area (Å²) in [4.78, 5) is 23.3. The molecule has 226 valence electrons. The number of rotatable bonds is 10. The second-order valence-electron chi connectivity index (χ2n) is 12.7. The molecule has 0 spiro atoms. The lowest BCUT2D eigenvalue weighted by Gasteiger charge is -2.34. The molecule has 8 heteroatoms. The number of benzene rings is 2. The lowest BCUT2D eigenvalue weighted by Crippen LogP contribution is -2.40. The normalized spacial score (nSPS) is 15.9. The van der Waals surface area contributed by atoms with Crippen LogP contribution in [0.5, 0.6) is 0 Å². The molecule has 2 aromatic rings. The highest BCUT2D eigenvalue weighted by Gasteiger charge is 2.32. The summed E-state index contributed by atoms with van der Waals surface area (Å²) in [7, 11) is 3.93.